The quantitative estimate of drug-likeness (QED) is 0.851. The average Bonchev–Trinajstić information content (AvgIpc) is 3.08. The highest BCUT2D eigenvalue weighted by Gasteiger charge is 2.36. The lowest BCUT2D eigenvalue weighted by atomic mass is 9.92. The number of halogens is 2. The van der Waals surface area contributed by atoms with Crippen molar-refractivity contribution in [1.29, 1.82) is 0 Å². The van der Waals surface area contributed by atoms with Gasteiger partial charge in [-0.1, -0.05) is 0 Å². The average molecular weight is 395 g/mol. The molecule has 0 radical (unpaired) electrons. The Bertz CT molecular complexity index is 794. The van der Waals surface area contributed by atoms with Gasteiger partial charge in [0.15, 0.2) is 10.8 Å². The number of hydrogen-bond donors (Lipinski definition) is 1. The van der Waals surface area contributed by atoms with Crippen molar-refractivity contribution in [3.05, 3.63) is 17.1 Å². The molecule has 1 saturated heterocycles. The number of aryl methyl sites for hydroxylation is 1. The second kappa shape index (κ2) is 7.63. The molecule has 1 saturated carbocycles. The minimum atomic E-state index is -2.61. The number of aromatic nitrogens is 3. The van der Waals surface area contributed by atoms with E-state index in [1.54, 1.807) is 0 Å². The molecule has 6 nitrogen and oxygen atoms in total. The number of thiazole rings is 1. The highest BCUT2D eigenvalue weighted by atomic mass is 32.1. The van der Waals surface area contributed by atoms with E-state index >= 15 is 0 Å². The summed E-state index contributed by atoms with van der Waals surface area (Å²) in [5.74, 6) is -0.717. The molecule has 2 aromatic heterocycles. The summed E-state index contributed by atoms with van der Waals surface area (Å²) in [6, 6.07) is 1.56. The van der Waals surface area contributed by atoms with E-state index in [1.807, 2.05) is 18.4 Å². The van der Waals surface area contributed by atoms with Gasteiger partial charge in [-0.2, -0.15) is 0 Å². The molecule has 27 heavy (non-hydrogen) atoms. The van der Waals surface area contributed by atoms with Gasteiger partial charge in [-0.05, 0) is 19.8 Å². The van der Waals surface area contributed by atoms with Gasteiger partial charge in [0, 0.05) is 49.1 Å². The van der Waals surface area contributed by atoms with E-state index in [0.29, 0.717) is 31.3 Å². The molecule has 2 aromatic rings. The van der Waals surface area contributed by atoms with E-state index in [2.05, 4.69) is 25.2 Å². The van der Waals surface area contributed by atoms with Crippen molar-refractivity contribution < 1.29 is 13.5 Å². The third kappa shape index (κ3) is 4.52. The molecule has 3 heterocycles. The summed E-state index contributed by atoms with van der Waals surface area (Å²) in [5, 5.41) is 5.91. The molecule has 2 fully saturated rings. The Morgan fingerprint density at radius 2 is 2.07 bits per heavy atom. The Morgan fingerprint density at radius 1 is 1.26 bits per heavy atom. The van der Waals surface area contributed by atoms with Crippen LogP contribution in [0.5, 0.6) is 0 Å². The van der Waals surface area contributed by atoms with Gasteiger partial charge in [0.25, 0.3) is 0 Å². The van der Waals surface area contributed by atoms with Crippen molar-refractivity contribution in [3.63, 3.8) is 0 Å². The lowest BCUT2D eigenvalue weighted by Gasteiger charge is -2.31. The maximum absolute atomic E-state index is 13.8. The van der Waals surface area contributed by atoms with Crippen LogP contribution in [0.25, 0.3) is 10.8 Å². The third-order valence-corrected chi connectivity index (χ3v) is 5.81. The van der Waals surface area contributed by atoms with Crippen molar-refractivity contribution in [2.45, 2.75) is 44.6 Å². The zero-order valence-corrected chi connectivity index (χ0v) is 16.1. The number of nitrogens with one attached hydrogen (secondary N) is 1. The van der Waals surface area contributed by atoms with Gasteiger partial charge in [0.05, 0.1) is 13.2 Å². The molecule has 1 unspecified atom stereocenters. The molecule has 9 heteroatoms. The molecule has 1 aliphatic carbocycles. The monoisotopic (exact) mass is 395 g/mol. The number of morpholine rings is 1. The van der Waals surface area contributed by atoms with E-state index < -0.39 is 5.92 Å². The molecule has 0 amide bonds. The van der Waals surface area contributed by atoms with Crippen LogP contribution in [0.3, 0.4) is 0 Å². The summed E-state index contributed by atoms with van der Waals surface area (Å²) in [7, 11) is 0. The number of alkyl halides is 2. The molecule has 2 aliphatic rings. The minimum Gasteiger partial charge on any atom is -0.378 e. The van der Waals surface area contributed by atoms with Crippen molar-refractivity contribution in [2.75, 3.05) is 36.5 Å². The summed E-state index contributed by atoms with van der Waals surface area (Å²) in [6.07, 6.45) is 1.05. The zero-order valence-electron chi connectivity index (χ0n) is 15.3. The lowest BCUT2D eigenvalue weighted by Crippen LogP contribution is -2.37. The normalized spacial score (nSPS) is 22.6. The molecule has 146 valence electrons. The molecule has 1 aliphatic heterocycles. The van der Waals surface area contributed by atoms with Crippen molar-refractivity contribution >= 4 is 23.0 Å². The number of hydrogen-bond acceptors (Lipinski definition) is 7. The minimum absolute atomic E-state index is 0.0301. The Labute approximate surface area is 161 Å². The van der Waals surface area contributed by atoms with E-state index in [1.165, 1.54) is 11.3 Å². The Morgan fingerprint density at radius 3 is 2.78 bits per heavy atom. The molecule has 1 N–H and O–H groups in total. The Balaban J connectivity index is 1.63. The summed E-state index contributed by atoms with van der Waals surface area (Å²) in [4.78, 5) is 15.9. The van der Waals surface area contributed by atoms with Crippen molar-refractivity contribution in [1.82, 2.24) is 15.0 Å². The molecule has 0 bridgehead atoms. The van der Waals surface area contributed by atoms with Crippen LogP contribution in [-0.4, -0.2) is 53.2 Å². The first-order valence-corrected chi connectivity index (χ1v) is 10.2. The standard InChI is InChI=1S/C18H23F2N5OS/c1-12-11-27-17(21-12)16-23-14(22-13-3-2-4-18(19,20)10-13)9-15(24-16)25-5-7-26-8-6-25/h9,11,13H,2-8,10H2,1H3,(H,22,23,24). The summed E-state index contributed by atoms with van der Waals surface area (Å²) in [5.41, 5.74) is 0.914. The molecule has 0 aromatic carbocycles. The van der Waals surface area contributed by atoms with Crippen molar-refractivity contribution in [2.24, 2.45) is 0 Å². The Kier molecular flexibility index (Phi) is 5.23. The molecule has 4 rings (SSSR count). The van der Waals surface area contributed by atoms with E-state index in [-0.39, 0.29) is 18.9 Å². The summed E-state index contributed by atoms with van der Waals surface area (Å²) in [6.45, 7) is 4.71. The topological polar surface area (TPSA) is 63.2 Å². The smallest absolute Gasteiger partial charge is 0.250 e. The van der Waals surface area contributed by atoms with E-state index in [9.17, 15) is 8.78 Å². The zero-order chi connectivity index (χ0) is 18.9. The van der Waals surface area contributed by atoms with Crippen LogP contribution < -0.4 is 10.2 Å². The first-order chi connectivity index (χ1) is 13.0. The number of nitrogens with zero attached hydrogens (tertiary/aromatic N) is 4. The van der Waals surface area contributed by atoms with Gasteiger partial charge < -0.3 is 15.0 Å². The predicted molar refractivity (Wildman–Crippen MR) is 102 cm³/mol. The highest BCUT2D eigenvalue weighted by molar-refractivity contribution is 7.13. The van der Waals surface area contributed by atoms with Crippen LogP contribution in [0.4, 0.5) is 20.4 Å². The SMILES string of the molecule is Cc1csc(-c2nc(NC3CCCC(F)(F)C3)cc(N3CCOCC3)n2)n1. The second-order valence-corrected chi connectivity index (χ2v) is 7.98. The largest absolute Gasteiger partial charge is 0.378 e. The molecule has 1 atom stereocenters. The maximum Gasteiger partial charge on any atom is 0.250 e. The van der Waals surface area contributed by atoms with Crippen LogP contribution >= 0.6 is 11.3 Å². The maximum atomic E-state index is 13.8. The van der Waals surface area contributed by atoms with E-state index in [0.717, 1.165) is 36.0 Å². The lowest BCUT2D eigenvalue weighted by molar-refractivity contribution is -0.0373. The third-order valence-electron chi connectivity index (χ3n) is 4.85. The van der Waals surface area contributed by atoms with Gasteiger partial charge in [-0.25, -0.2) is 23.7 Å². The fourth-order valence-corrected chi connectivity index (χ4v) is 4.25. The first kappa shape index (κ1) is 18.5. The van der Waals surface area contributed by atoms with Crippen LogP contribution in [0.2, 0.25) is 0 Å². The highest BCUT2D eigenvalue weighted by Crippen LogP contribution is 2.35. The van der Waals surface area contributed by atoms with E-state index in [4.69, 9.17) is 4.74 Å². The van der Waals surface area contributed by atoms with Crippen LogP contribution in [0.15, 0.2) is 11.4 Å². The first-order valence-electron chi connectivity index (χ1n) is 9.27. The van der Waals surface area contributed by atoms with Gasteiger partial charge in [-0.15, -0.1) is 11.3 Å². The van der Waals surface area contributed by atoms with Crippen LogP contribution in [-0.2, 0) is 4.74 Å². The van der Waals surface area contributed by atoms with Crippen molar-refractivity contribution in [3.8, 4) is 10.8 Å². The van der Waals surface area contributed by atoms with Gasteiger partial charge in [0.2, 0.25) is 5.92 Å². The molecule has 0 spiro atoms. The number of ether oxygens (including phenoxy) is 1. The number of anilines is 2. The van der Waals surface area contributed by atoms with Gasteiger partial charge in [-0.3, -0.25) is 0 Å². The predicted octanol–water partition coefficient (Wildman–Crippen LogP) is 3.73. The van der Waals surface area contributed by atoms with Gasteiger partial charge >= 0.3 is 0 Å². The fraction of sp³-hybridized carbons (Fsp3) is 0.611. The van der Waals surface area contributed by atoms with Crippen LogP contribution in [0.1, 0.15) is 31.4 Å². The fourth-order valence-electron chi connectivity index (χ4n) is 3.52. The summed E-state index contributed by atoms with van der Waals surface area (Å²) < 4.78 is 33.0. The Hall–Kier alpha value is -1.87. The summed E-state index contributed by atoms with van der Waals surface area (Å²) >= 11 is 1.49. The molecular formula is C18H23F2N5OS. The van der Waals surface area contributed by atoms with Crippen LogP contribution in [0, 0.1) is 6.92 Å². The second-order valence-electron chi connectivity index (χ2n) is 7.12. The van der Waals surface area contributed by atoms with Gasteiger partial charge in [0.1, 0.15) is 11.6 Å². The molecular weight excluding hydrogens is 372 g/mol. The number of rotatable bonds is 4.